The predicted octanol–water partition coefficient (Wildman–Crippen LogP) is 2.73. The molecule has 0 aromatic carbocycles. The third-order valence-electron chi connectivity index (χ3n) is 2.01. The molecule has 1 fully saturated rings. The van der Waals surface area contributed by atoms with Gasteiger partial charge in [-0.05, 0) is 0 Å². The van der Waals surface area contributed by atoms with E-state index in [1.807, 2.05) is 0 Å². The average molecular weight is 306 g/mol. The van der Waals surface area contributed by atoms with Crippen LogP contribution >= 0.6 is 7.82 Å². The van der Waals surface area contributed by atoms with Crippen molar-refractivity contribution in [2.75, 3.05) is 6.61 Å². The van der Waals surface area contributed by atoms with Gasteiger partial charge in [0.2, 0.25) is 0 Å². The Morgan fingerprint density at radius 2 is 1.67 bits per heavy atom. The molecule has 1 saturated heterocycles. The van der Waals surface area contributed by atoms with Crippen molar-refractivity contribution in [2.24, 2.45) is 0 Å². The van der Waals surface area contributed by atoms with Crippen LogP contribution in [0.3, 0.4) is 0 Å². The smallest absolute Gasteiger partial charge is 0.302 e. The van der Waals surface area contributed by atoms with Crippen molar-refractivity contribution in [3.8, 4) is 0 Å². The first-order valence-electron chi connectivity index (χ1n) is 4.27. The zero-order valence-corrected chi connectivity index (χ0v) is 9.15. The molecule has 12 heteroatoms. The summed E-state index contributed by atoms with van der Waals surface area (Å²) in [5.41, 5.74) is 0. The lowest BCUT2D eigenvalue weighted by atomic mass is 10.0. The summed E-state index contributed by atoms with van der Waals surface area (Å²) in [4.78, 5) is 8.58. The molecule has 0 amide bonds. The number of rotatable bonds is 3. The zero-order valence-electron chi connectivity index (χ0n) is 8.26. The van der Waals surface area contributed by atoms with Crippen LogP contribution in [-0.4, -0.2) is 35.6 Å². The summed E-state index contributed by atoms with van der Waals surface area (Å²) >= 11 is 0. The summed E-state index contributed by atoms with van der Waals surface area (Å²) in [5.74, 6) is -11.8. The zero-order chi connectivity index (χ0) is 14.4. The molecule has 0 bridgehead atoms. The SMILES string of the molecule is O=P1(O)OCC(CC(F)(F)C(F)(F)C(F)(F)F)O1. The van der Waals surface area contributed by atoms with E-state index in [-0.39, 0.29) is 0 Å². The van der Waals surface area contributed by atoms with Gasteiger partial charge >= 0.3 is 25.8 Å². The van der Waals surface area contributed by atoms with Gasteiger partial charge in [0.05, 0.1) is 12.7 Å². The van der Waals surface area contributed by atoms with Crippen LogP contribution in [0.25, 0.3) is 0 Å². The average Bonchev–Trinajstić information content (AvgIpc) is 2.42. The highest BCUT2D eigenvalue weighted by atomic mass is 31.2. The number of halogens is 7. The van der Waals surface area contributed by atoms with Crippen LogP contribution in [0.2, 0.25) is 0 Å². The van der Waals surface area contributed by atoms with Gasteiger partial charge in [0.1, 0.15) is 0 Å². The van der Waals surface area contributed by atoms with Crippen LogP contribution < -0.4 is 0 Å². The van der Waals surface area contributed by atoms with Crippen LogP contribution in [-0.2, 0) is 13.6 Å². The normalized spacial score (nSPS) is 30.8. The quantitative estimate of drug-likeness (QED) is 0.643. The maximum Gasteiger partial charge on any atom is 0.472 e. The Hall–Kier alpha value is -0.380. The van der Waals surface area contributed by atoms with Crippen LogP contribution in [0, 0.1) is 0 Å². The number of phosphoric ester groups is 1. The number of alkyl halides is 7. The van der Waals surface area contributed by atoms with E-state index in [0.29, 0.717) is 0 Å². The third-order valence-corrected chi connectivity index (χ3v) is 3.05. The van der Waals surface area contributed by atoms with Crippen molar-refractivity contribution in [2.45, 2.75) is 30.5 Å². The predicted molar refractivity (Wildman–Crippen MR) is 41.2 cm³/mol. The van der Waals surface area contributed by atoms with E-state index >= 15 is 0 Å². The molecule has 4 nitrogen and oxygen atoms in total. The van der Waals surface area contributed by atoms with Crippen molar-refractivity contribution in [3.05, 3.63) is 0 Å². The summed E-state index contributed by atoms with van der Waals surface area (Å²) in [7, 11) is -4.64. The molecule has 0 radical (unpaired) electrons. The molecule has 108 valence electrons. The minimum absolute atomic E-state index is 0.975. The monoisotopic (exact) mass is 306 g/mol. The van der Waals surface area contributed by atoms with Gasteiger partial charge < -0.3 is 4.89 Å². The fraction of sp³-hybridized carbons (Fsp3) is 1.00. The van der Waals surface area contributed by atoms with E-state index in [1.165, 1.54) is 0 Å². The van der Waals surface area contributed by atoms with Gasteiger partial charge in [-0.1, -0.05) is 0 Å². The van der Waals surface area contributed by atoms with Gasteiger partial charge in [-0.3, -0.25) is 9.05 Å². The standard InChI is InChI=1S/C6H6F7O4P/c7-4(8,5(9,10)6(11,12)13)1-3-2-16-18(14,15)17-3/h3H,1-2H2,(H,14,15). The van der Waals surface area contributed by atoms with E-state index in [9.17, 15) is 35.3 Å². The second kappa shape index (κ2) is 4.32. The highest BCUT2D eigenvalue weighted by molar-refractivity contribution is 7.47. The molecule has 1 heterocycles. The first-order chi connectivity index (χ1) is 7.79. The molecule has 18 heavy (non-hydrogen) atoms. The Kier molecular flexibility index (Phi) is 3.77. The summed E-state index contributed by atoms with van der Waals surface area (Å²) in [6, 6.07) is 0. The summed E-state index contributed by atoms with van der Waals surface area (Å²) in [6.07, 6.45) is -10.6. The maximum absolute atomic E-state index is 12.8. The molecule has 2 unspecified atom stereocenters. The summed E-state index contributed by atoms with van der Waals surface area (Å²) < 4.78 is 104. The molecule has 1 rings (SSSR count). The fourth-order valence-electron chi connectivity index (χ4n) is 1.14. The molecule has 1 N–H and O–H groups in total. The molecular formula is C6H6F7O4P. The molecular weight excluding hydrogens is 300 g/mol. The van der Waals surface area contributed by atoms with Gasteiger partial charge in [0.15, 0.2) is 0 Å². The number of hydrogen-bond acceptors (Lipinski definition) is 3. The lowest BCUT2D eigenvalue weighted by Crippen LogP contribution is -2.53. The van der Waals surface area contributed by atoms with Crippen LogP contribution in [0.15, 0.2) is 0 Å². The second-order valence-corrected chi connectivity index (χ2v) is 4.88. The van der Waals surface area contributed by atoms with Crippen LogP contribution in [0.1, 0.15) is 6.42 Å². The largest absolute Gasteiger partial charge is 0.472 e. The van der Waals surface area contributed by atoms with E-state index in [4.69, 9.17) is 4.89 Å². The molecule has 0 aromatic rings. The fourth-order valence-corrected chi connectivity index (χ4v) is 2.07. The van der Waals surface area contributed by atoms with E-state index in [1.54, 1.807) is 0 Å². The van der Waals surface area contributed by atoms with Crippen LogP contribution in [0.5, 0.6) is 0 Å². The number of hydrogen-bond donors (Lipinski definition) is 1. The molecule has 2 atom stereocenters. The molecule has 1 aliphatic rings. The lowest BCUT2D eigenvalue weighted by molar-refractivity contribution is -0.357. The van der Waals surface area contributed by atoms with Gasteiger partial charge in [-0.15, -0.1) is 0 Å². The Morgan fingerprint density at radius 3 is 2.00 bits per heavy atom. The molecule has 0 saturated carbocycles. The Labute approximate surface area is 95.3 Å². The van der Waals surface area contributed by atoms with Crippen molar-refractivity contribution < 1.29 is 49.2 Å². The molecule has 0 aromatic heterocycles. The van der Waals surface area contributed by atoms with Crippen molar-refractivity contribution in [1.82, 2.24) is 0 Å². The molecule has 1 aliphatic heterocycles. The third kappa shape index (κ3) is 2.95. The van der Waals surface area contributed by atoms with E-state index in [0.717, 1.165) is 0 Å². The minimum Gasteiger partial charge on any atom is -0.302 e. The Morgan fingerprint density at radius 1 is 1.17 bits per heavy atom. The highest BCUT2D eigenvalue weighted by Crippen LogP contribution is 2.54. The first-order valence-corrected chi connectivity index (χ1v) is 5.76. The van der Waals surface area contributed by atoms with Crippen molar-refractivity contribution in [3.63, 3.8) is 0 Å². The summed E-state index contributed by atoms with van der Waals surface area (Å²) in [6.45, 7) is -0.975. The maximum atomic E-state index is 12.8. The minimum atomic E-state index is -6.45. The second-order valence-electron chi connectivity index (χ2n) is 3.47. The molecule has 0 spiro atoms. The lowest BCUT2D eigenvalue weighted by Gasteiger charge is -2.29. The topological polar surface area (TPSA) is 55.8 Å². The summed E-state index contributed by atoms with van der Waals surface area (Å²) in [5, 5.41) is 0. The Bertz CT molecular complexity index is 367. The first kappa shape index (κ1) is 15.7. The van der Waals surface area contributed by atoms with E-state index in [2.05, 4.69) is 9.05 Å². The Balaban J connectivity index is 2.80. The van der Waals surface area contributed by atoms with Gasteiger partial charge in [-0.25, -0.2) is 4.57 Å². The number of phosphoric acid groups is 1. The highest BCUT2D eigenvalue weighted by Gasteiger charge is 2.73. The van der Waals surface area contributed by atoms with Crippen molar-refractivity contribution in [1.29, 1.82) is 0 Å². The van der Waals surface area contributed by atoms with Gasteiger partial charge in [-0.2, -0.15) is 30.7 Å². The van der Waals surface area contributed by atoms with E-state index < -0.39 is 45.0 Å². The van der Waals surface area contributed by atoms with Gasteiger partial charge in [0, 0.05) is 6.42 Å². The van der Waals surface area contributed by atoms with Gasteiger partial charge in [0.25, 0.3) is 0 Å². The van der Waals surface area contributed by atoms with Crippen LogP contribution in [0.4, 0.5) is 30.7 Å². The van der Waals surface area contributed by atoms with Crippen molar-refractivity contribution >= 4 is 7.82 Å². The molecule has 0 aliphatic carbocycles.